The molecule has 0 spiro atoms. The van der Waals surface area contributed by atoms with Crippen molar-refractivity contribution < 1.29 is 19.5 Å². The largest absolute Gasteiger partial charge is 0.480 e. The lowest BCUT2D eigenvalue weighted by Crippen LogP contribution is -2.30. The van der Waals surface area contributed by atoms with Crippen molar-refractivity contribution in [2.75, 3.05) is 11.9 Å². The van der Waals surface area contributed by atoms with E-state index in [9.17, 15) is 14.4 Å². The number of anilines is 1. The van der Waals surface area contributed by atoms with Gasteiger partial charge in [-0.1, -0.05) is 36.4 Å². The van der Waals surface area contributed by atoms with Crippen molar-refractivity contribution in [2.24, 2.45) is 5.92 Å². The van der Waals surface area contributed by atoms with E-state index in [1.807, 2.05) is 6.07 Å². The van der Waals surface area contributed by atoms with Crippen molar-refractivity contribution in [3.8, 4) is 0 Å². The van der Waals surface area contributed by atoms with Gasteiger partial charge in [-0.3, -0.25) is 14.4 Å². The number of hydrogen-bond acceptors (Lipinski definition) is 3. The lowest BCUT2D eigenvalue weighted by Gasteiger charge is -2.24. The van der Waals surface area contributed by atoms with Crippen molar-refractivity contribution in [2.45, 2.75) is 32.1 Å². The first-order valence-corrected chi connectivity index (χ1v) is 9.43. The van der Waals surface area contributed by atoms with E-state index >= 15 is 0 Å². The van der Waals surface area contributed by atoms with E-state index in [-0.39, 0.29) is 18.2 Å². The summed E-state index contributed by atoms with van der Waals surface area (Å²) in [5.74, 6) is -1.08. The average Bonchev–Trinajstić information content (AvgIpc) is 2.68. The lowest BCUT2D eigenvalue weighted by atomic mass is 9.82. The standard InChI is InChI=1S/C22H24N2O4/c25-20(23-14-22(27)28)12-15-6-9-19(10-7-15)24-21(26)13-16-5-8-17-3-1-2-4-18(17)11-16/h1-4,6-7,9-10,16H,5,8,11-14H2,(H,23,25)(H,24,26)(H,27,28). The molecule has 0 saturated heterocycles. The molecule has 1 aliphatic rings. The molecular formula is C22H24N2O4. The van der Waals surface area contributed by atoms with Gasteiger partial charge in [0.1, 0.15) is 6.54 Å². The molecule has 28 heavy (non-hydrogen) atoms. The van der Waals surface area contributed by atoms with Crippen molar-refractivity contribution >= 4 is 23.5 Å². The number of carboxylic acids is 1. The Balaban J connectivity index is 1.47. The number of aryl methyl sites for hydroxylation is 1. The first-order chi connectivity index (χ1) is 13.5. The Morgan fingerprint density at radius 1 is 0.964 bits per heavy atom. The predicted octanol–water partition coefficient (Wildman–Crippen LogP) is 2.56. The van der Waals surface area contributed by atoms with Crippen LogP contribution < -0.4 is 10.6 Å². The fourth-order valence-corrected chi connectivity index (χ4v) is 3.55. The van der Waals surface area contributed by atoms with E-state index in [2.05, 4.69) is 28.8 Å². The SMILES string of the molecule is O=C(O)CNC(=O)Cc1ccc(NC(=O)CC2CCc3ccccc3C2)cc1. The minimum absolute atomic E-state index is 0.00340. The van der Waals surface area contributed by atoms with Gasteiger partial charge in [0.05, 0.1) is 6.42 Å². The number of benzene rings is 2. The number of carboxylic acid groups (broad SMARTS) is 1. The Morgan fingerprint density at radius 3 is 2.39 bits per heavy atom. The van der Waals surface area contributed by atoms with Crippen LogP contribution in [0.1, 0.15) is 29.5 Å². The molecule has 0 aromatic heterocycles. The molecule has 146 valence electrons. The summed E-state index contributed by atoms with van der Waals surface area (Å²) in [6.45, 7) is -0.390. The zero-order chi connectivity index (χ0) is 19.9. The van der Waals surface area contributed by atoms with Gasteiger partial charge >= 0.3 is 5.97 Å². The third-order valence-corrected chi connectivity index (χ3v) is 4.96. The second-order valence-electron chi connectivity index (χ2n) is 7.17. The Kier molecular flexibility index (Phi) is 6.42. The quantitative estimate of drug-likeness (QED) is 0.688. The zero-order valence-corrected chi connectivity index (χ0v) is 15.6. The van der Waals surface area contributed by atoms with Crippen LogP contribution in [0.4, 0.5) is 5.69 Å². The number of aliphatic carboxylic acids is 1. The van der Waals surface area contributed by atoms with E-state index in [0.717, 1.165) is 24.8 Å². The summed E-state index contributed by atoms with van der Waals surface area (Å²) < 4.78 is 0. The third kappa shape index (κ3) is 5.67. The molecule has 2 aromatic rings. The van der Waals surface area contributed by atoms with Gasteiger partial charge in [0.15, 0.2) is 0 Å². The molecule has 0 bridgehead atoms. The second-order valence-corrected chi connectivity index (χ2v) is 7.17. The summed E-state index contributed by atoms with van der Waals surface area (Å²) in [5, 5.41) is 13.8. The van der Waals surface area contributed by atoms with Crippen LogP contribution in [0.15, 0.2) is 48.5 Å². The van der Waals surface area contributed by atoms with E-state index < -0.39 is 12.5 Å². The van der Waals surface area contributed by atoms with E-state index in [0.29, 0.717) is 18.0 Å². The highest BCUT2D eigenvalue weighted by atomic mass is 16.4. The molecule has 1 aliphatic carbocycles. The molecule has 0 aliphatic heterocycles. The molecule has 1 atom stereocenters. The van der Waals surface area contributed by atoms with Crippen molar-refractivity contribution in [3.63, 3.8) is 0 Å². The number of carbonyl (C=O) groups excluding carboxylic acids is 2. The highest BCUT2D eigenvalue weighted by molar-refractivity contribution is 5.91. The molecule has 6 heteroatoms. The Morgan fingerprint density at radius 2 is 1.68 bits per heavy atom. The van der Waals surface area contributed by atoms with E-state index in [4.69, 9.17) is 5.11 Å². The Labute approximate surface area is 164 Å². The van der Waals surface area contributed by atoms with Crippen molar-refractivity contribution in [1.29, 1.82) is 0 Å². The van der Waals surface area contributed by atoms with Gasteiger partial charge in [0.25, 0.3) is 0 Å². The Bertz CT molecular complexity index is 861. The maximum absolute atomic E-state index is 12.4. The van der Waals surface area contributed by atoms with Crippen LogP contribution in [0.3, 0.4) is 0 Å². The van der Waals surface area contributed by atoms with Crippen LogP contribution in [0.5, 0.6) is 0 Å². The normalized spacial score (nSPS) is 15.4. The average molecular weight is 380 g/mol. The number of fused-ring (bicyclic) bond motifs is 1. The Hall–Kier alpha value is -3.15. The highest BCUT2D eigenvalue weighted by Gasteiger charge is 2.20. The number of hydrogen-bond donors (Lipinski definition) is 3. The van der Waals surface area contributed by atoms with Crippen LogP contribution >= 0.6 is 0 Å². The van der Waals surface area contributed by atoms with E-state index in [1.165, 1.54) is 11.1 Å². The molecule has 2 aromatic carbocycles. The fraction of sp³-hybridized carbons (Fsp3) is 0.318. The van der Waals surface area contributed by atoms with Crippen LogP contribution in [-0.4, -0.2) is 29.4 Å². The molecule has 0 heterocycles. The summed E-state index contributed by atoms with van der Waals surface area (Å²) in [5.41, 5.74) is 4.18. The monoisotopic (exact) mass is 380 g/mol. The highest BCUT2D eigenvalue weighted by Crippen LogP contribution is 2.27. The molecule has 3 rings (SSSR count). The lowest BCUT2D eigenvalue weighted by molar-refractivity contribution is -0.137. The molecule has 3 N–H and O–H groups in total. The number of nitrogens with one attached hydrogen (secondary N) is 2. The summed E-state index contributed by atoms with van der Waals surface area (Å²) in [6, 6.07) is 15.4. The first-order valence-electron chi connectivity index (χ1n) is 9.43. The van der Waals surface area contributed by atoms with Gasteiger partial charge in [0, 0.05) is 12.1 Å². The molecule has 0 fully saturated rings. The first kappa shape index (κ1) is 19.6. The summed E-state index contributed by atoms with van der Waals surface area (Å²) in [4.78, 5) is 34.5. The molecule has 6 nitrogen and oxygen atoms in total. The molecule has 2 amide bonds. The summed E-state index contributed by atoms with van der Waals surface area (Å²) in [6.07, 6.45) is 3.58. The van der Waals surface area contributed by atoms with Crippen LogP contribution in [0.2, 0.25) is 0 Å². The number of carbonyl (C=O) groups is 3. The van der Waals surface area contributed by atoms with Crippen LogP contribution in [0.25, 0.3) is 0 Å². The minimum atomic E-state index is -1.08. The summed E-state index contributed by atoms with van der Waals surface area (Å²) >= 11 is 0. The van der Waals surface area contributed by atoms with Gasteiger partial charge in [-0.2, -0.15) is 0 Å². The smallest absolute Gasteiger partial charge is 0.322 e. The van der Waals surface area contributed by atoms with Crippen LogP contribution in [0, 0.1) is 5.92 Å². The summed E-state index contributed by atoms with van der Waals surface area (Å²) in [7, 11) is 0. The minimum Gasteiger partial charge on any atom is -0.480 e. The predicted molar refractivity (Wildman–Crippen MR) is 106 cm³/mol. The maximum Gasteiger partial charge on any atom is 0.322 e. The van der Waals surface area contributed by atoms with Gasteiger partial charge in [-0.05, 0) is 54.0 Å². The maximum atomic E-state index is 12.4. The van der Waals surface area contributed by atoms with Gasteiger partial charge in [0.2, 0.25) is 11.8 Å². The number of rotatable bonds is 7. The second kappa shape index (κ2) is 9.17. The molecular weight excluding hydrogens is 356 g/mol. The third-order valence-electron chi connectivity index (χ3n) is 4.96. The molecule has 0 radical (unpaired) electrons. The molecule has 1 unspecified atom stereocenters. The van der Waals surface area contributed by atoms with Crippen molar-refractivity contribution in [1.82, 2.24) is 5.32 Å². The zero-order valence-electron chi connectivity index (χ0n) is 15.6. The van der Waals surface area contributed by atoms with Crippen LogP contribution in [-0.2, 0) is 33.6 Å². The van der Waals surface area contributed by atoms with E-state index in [1.54, 1.807) is 24.3 Å². The van der Waals surface area contributed by atoms with Gasteiger partial charge in [-0.15, -0.1) is 0 Å². The van der Waals surface area contributed by atoms with Gasteiger partial charge in [-0.25, -0.2) is 0 Å². The van der Waals surface area contributed by atoms with Crippen molar-refractivity contribution in [3.05, 3.63) is 65.2 Å². The molecule has 0 saturated carbocycles. The topological polar surface area (TPSA) is 95.5 Å². The fourth-order valence-electron chi connectivity index (χ4n) is 3.55. The number of amides is 2. The van der Waals surface area contributed by atoms with Gasteiger partial charge < -0.3 is 15.7 Å².